The highest BCUT2D eigenvalue weighted by atomic mass is 16.5. The predicted molar refractivity (Wildman–Crippen MR) is 83.9 cm³/mol. The number of anilines is 1. The van der Waals surface area contributed by atoms with Crippen LogP contribution in [0, 0.1) is 0 Å². The van der Waals surface area contributed by atoms with Gasteiger partial charge in [-0.05, 0) is 30.5 Å². The number of pyridine rings is 1. The van der Waals surface area contributed by atoms with E-state index in [1.807, 2.05) is 24.3 Å². The normalized spacial score (nSPS) is 13.9. The van der Waals surface area contributed by atoms with Crippen LogP contribution in [0.5, 0.6) is 5.75 Å². The van der Waals surface area contributed by atoms with Crippen molar-refractivity contribution in [3.05, 3.63) is 30.5 Å². The topological polar surface area (TPSA) is 63.6 Å². The zero-order valence-electron chi connectivity index (χ0n) is 12.7. The molecule has 0 radical (unpaired) electrons. The molecule has 2 aromatic rings. The summed E-state index contributed by atoms with van der Waals surface area (Å²) in [5.74, 6) is 1.52. The quantitative estimate of drug-likeness (QED) is 0.820. The van der Waals surface area contributed by atoms with E-state index >= 15 is 0 Å². The van der Waals surface area contributed by atoms with Gasteiger partial charge in [0.1, 0.15) is 11.6 Å². The van der Waals surface area contributed by atoms with Crippen molar-refractivity contribution in [2.75, 3.05) is 32.7 Å². The van der Waals surface area contributed by atoms with Crippen molar-refractivity contribution in [1.82, 2.24) is 4.98 Å². The van der Waals surface area contributed by atoms with Crippen molar-refractivity contribution in [3.63, 3.8) is 0 Å². The maximum Gasteiger partial charge on any atom is 0.134 e. The van der Waals surface area contributed by atoms with Crippen LogP contribution in [-0.2, 0) is 4.74 Å². The van der Waals surface area contributed by atoms with E-state index in [-0.39, 0.29) is 0 Å². The van der Waals surface area contributed by atoms with Crippen LogP contribution in [0.2, 0.25) is 0 Å². The lowest BCUT2D eigenvalue weighted by atomic mass is 10.0. The Morgan fingerprint density at radius 1 is 1.29 bits per heavy atom. The van der Waals surface area contributed by atoms with Crippen molar-refractivity contribution >= 4 is 16.6 Å². The fraction of sp³-hybridized carbons (Fsp3) is 0.438. The fourth-order valence-corrected chi connectivity index (χ4v) is 2.10. The first-order valence-electron chi connectivity index (χ1n) is 6.94. The minimum Gasteiger partial charge on any atom is -0.497 e. The smallest absolute Gasteiger partial charge is 0.134 e. The second kappa shape index (κ2) is 6.74. The Balaban J connectivity index is 2.18. The molecule has 2 N–H and O–H groups in total. The molecule has 0 amide bonds. The first kappa shape index (κ1) is 15.5. The highest BCUT2D eigenvalue weighted by Crippen LogP contribution is 2.26. The molecule has 0 saturated carbocycles. The second-order valence-corrected chi connectivity index (χ2v) is 5.34. The number of benzene rings is 1. The molecule has 0 bridgehead atoms. The van der Waals surface area contributed by atoms with Gasteiger partial charge in [0.15, 0.2) is 0 Å². The minimum atomic E-state index is -0.848. The van der Waals surface area contributed by atoms with Crippen molar-refractivity contribution in [2.45, 2.75) is 18.9 Å². The summed E-state index contributed by atoms with van der Waals surface area (Å²) < 4.78 is 10.3. The highest BCUT2D eigenvalue weighted by molar-refractivity contribution is 5.92. The molecule has 1 unspecified atom stereocenters. The van der Waals surface area contributed by atoms with Gasteiger partial charge < -0.3 is 19.9 Å². The largest absolute Gasteiger partial charge is 0.497 e. The van der Waals surface area contributed by atoms with Gasteiger partial charge in [0, 0.05) is 38.3 Å². The number of hydrogen-bond acceptors (Lipinski definition) is 5. The summed E-state index contributed by atoms with van der Waals surface area (Å²) in [6.07, 6.45) is 2.31. The maximum absolute atomic E-state index is 10.3. The number of rotatable bonds is 7. The summed E-state index contributed by atoms with van der Waals surface area (Å²) in [6, 6.07) is 7.79. The van der Waals surface area contributed by atoms with Gasteiger partial charge in [-0.25, -0.2) is 4.98 Å². The molecule has 0 aliphatic heterocycles. The Bertz CT molecular complexity index is 599. The van der Waals surface area contributed by atoms with Gasteiger partial charge in [-0.1, -0.05) is 6.07 Å². The molecular weight excluding hydrogens is 268 g/mol. The van der Waals surface area contributed by atoms with Crippen LogP contribution in [0.4, 0.5) is 5.82 Å². The number of fused-ring (bicyclic) bond motifs is 1. The standard InChI is InChI=1S/C16H22N2O3/c1-16(19,7-9-20-2)11-18-15-14-10-13(21-3)5-4-12(14)6-8-17-15/h4-6,8,10,19H,7,9,11H2,1-3H3,(H,17,18). The Hall–Kier alpha value is -1.85. The van der Waals surface area contributed by atoms with Crippen LogP contribution in [0.1, 0.15) is 13.3 Å². The van der Waals surface area contributed by atoms with Gasteiger partial charge in [-0.15, -0.1) is 0 Å². The van der Waals surface area contributed by atoms with Crippen molar-refractivity contribution < 1.29 is 14.6 Å². The molecule has 5 nitrogen and oxygen atoms in total. The SMILES string of the molecule is COCCC(C)(O)CNc1nccc2ccc(OC)cc12. The molecule has 1 aromatic carbocycles. The molecular formula is C16H22N2O3. The zero-order valence-corrected chi connectivity index (χ0v) is 12.7. The number of aromatic nitrogens is 1. The number of nitrogens with zero attached hydrogens (tertiary/aromatic N) is 1. The molecule has 21 heavy (non-hydrogen) atoms. The molecule has 1 heterocycles. The first-order chi connectivity index (χ1) is 10.1. The lowest BCUT2D eigenvalue weighted by Crippen LogP contribution is -2.34. The number of nitrogens with one attached hydrogen (secondary N) is 1. The third-order valence-electron chi connectivity index (χ3n) is 3.45. The molecule has 1 atom stereocenters. The highest BCUT2D eigenvalue weighted by Gasteiger charge is 2.20. The van der Waals surface area contributed by atoms with Gasteiger partial charge in [0.2, 0.25) is 0 Å². The summed E-state index contributed by atoms with van der Waals surface area (Å²) in [6.45, 7) is 2.70. The summed E-state index contributed by atoms with van der Waals surface area (Å²) >= 11 is 0. The van der Waals surface area contributed by atoms with Crippen LogP contribution in [0.25, 0.3) is 10.8 Å². The second-order valence-electron chi connectivity index (χ2n) is 5.34. The molecule has 0 aliphatic carbocycles. The maximum atomic E-state index is 10.3. The van der Waals surface area contributed by atoms with Gasteiger partial charge in [0.25, 0.3) is 0 Å². The van der Waals surface area contributed by atoms with Crippen LogP contribution in [0.3, 0.4) is 0 Å². The van der Waals surface area contributed by atoms with Crippen LogP contribution < -0.4 is 10.1 Å². The lowest BCUT2D eigenvalue weighted by molar-refractivity contribution is 0.0357. The van der Waals surface area contributed by atoms with Gasteiger partial charge in [-0.2, -0.15) is 0 Å². The monoisotopic (exact) mass is 290 g/mol. The van der Waals surface area contributed by atoms with Gasteiger partial charge in [0.05, 0.1) is 12.7 Å². The van der Waals surface area contributed by atoms with Gasteiger partial charge >= 0.3 is 0 Å². The summed E-state index contributed by atoms with van der Waals surface area (Å²) in [4.78, 5) is 4.36. The zero-order chi connectivity index (χ0) is 15.3. The van der Waals surface area contributed by atoms with Crippen LogP contribution in [-0.4, -0.2) is 43.1 Å². The van der Waals surface area contributed by atoms with E-state index in [1.165, 1.54) is 0 Å². The molecule has 1 aromatic heterocycles. The van der Waals surface area contributed by atoms with E-state index in [4.69, 9.17) is 9.47 Å². The van der Waals surface area contributed by atoms with E-state index < -0.39 is 5.60 Å². The molecule has 0 fully saturated rings. The third-order valence-corrected chi connectivity index (χ3v) is 3.45. The van der Waals surface area contributed by atoms with Crippen molar-refractivity contribution in [3.8, 4) is 5.75 Å². The van der Waals surface area contributed by atoms with Crippen LogP contribution in [0.15, 0.2) is 30.5 Å². The van der Waals surface area contributed by atoms with E-state index in [2.05, 4.69) is 10.3 Å². The number of aliphatic hydroxyl groups is 1. The fourth-order valence-electron chi connectivity index (χ4n) is 2.10. The predicted octanol–water partition coefficient (Wildman–Crippen LogP) is 2.44. The number of hydrogen-bond donors (Lipinski definition) is 2. The van der Waals surface area contributed by atoms with E-state index in [9.17, 15) is 5.11 Å². The lowest BCUT2D eigenvalue weighted by Gasteiger charge is -2.24. The van der Waals surface area contributed by atoms with E-state index in [1.54, 1.807) is 27.3 Å². The van der Waals surface area contributed by atoms with Crippen molar-refractivity contribution in [2.24, 2.45) is 0 Å². The average Bonchev–Trinajstić information content (AvgIpc) is 2.50. The van der Waals surface area contributed by atoms with E-state index in [0.29, 0.717) is 19.6 Å². The summed E-state index contributed by atoms with van der Waals surface area (Å²) in [7, 11) is 3.27. The molecule has 5 heteroatoms. The Morgan fingerprint density at radius 2 is 2.10 bits per heavy atom. The summed E-state index contributed by atoms with van der Waals surface area (Å²) in [5, 5.41) is 15.5. The number of ether oxygens (including phenoxy) is 2. The Morgan fingerprint density at radius 3 is 2.81 bits per heavy atom. The summed E-state index contributed by atoms with van der Waals surface area (Å²) in [5.41, 5.74) is -0.848. The molecule has 2 rings (SSSR count). The molecule has 0 aliphatic rings. The number of methoxy groups -OCH3 is 2. The Labute approximate surface area is 124 Å². The average molecular weight is 290 g/mol. The van der Waals surface area contributed by atoms with Gasteiger partial charge in [-0.3, -0.25) is 0 Å². The molecule has 0 saturated heterocycles. The van der Waals surface area contributed by atoms with Crippen molar-refractivity contribution in [1.29, 1.82) is 0 Å². The molecule has 114 valence electrons. The Kier molecular flexibility index (Phi) is 4.98. The first-order valence-corrected chi connectivity index (χ1v) is 6.94. The van der Waals surface area contributed by atoms with E-state index in [0.717, 1.165) is 22.3 Å². The van der Waals surface area contributed by atoms with Crippen LogP contribution >= 0.6 is 0 Å². The minimum absolute atomic E-state index is 0.402. The molecule has 0 spiro atoms. The third kappa shape index (κ3) is 4.06.